The first-order valence-corrected chi connectivity index (χ1v) is 12.8. The van der Waals surface area contributed by atoms with Crippen LogP contribution in [-0.4, -0.2) is 23.4 Å². The molecule has 1 saturated heterocycles. The lowest BCUT2D eigenvalue weighted by Gasteiger charge is -2.25. The van der Waals surface area contributed by atoms with Crippen LogP contribution in [0.15, 0.2) is 65.6 Å². The molecule has 2 aromatic carbocycles. The Morgan fingerprint density at radius 2 is 1.70 bits per heavy atom. The largest absolute Gasteiger partial charge is 0.507 e. The van der Waals surface area contributed by atoms with E-state index in [-0.39, 0.29) is 17.0 Å². The SMILES string of the molecule is CCCCCOc1ccc(/C(O)=C2/C(=O)C(=O)N(c3ccc(C(F)(F)F)cc3)C2c2sccc2C)cc1. The van der Waals surface area contributed by atoms with Gasteiger partial charge in [0.2, 0.25) is 0 Å². The molecule has 1 unspecified atom stereocenters. The Morgan fingerprint density at radius 1 is 1.03 bits per heavy atom. The number of halogens is 3. The maximum Gasteiger partial charge on any atom is 0.416 e. The summed E-state index contributed by atoms with van der Waals surface area (Å²) in [7, 11) is 0. The first kappa shape index (κ1) is 26.5. The van der Waals surface area contributed by atoms with E-state index < -0.39 is 29.5 Å². The summed E-state index contributed by atoms with van der Waals surface area (Å²) in [5, 5.41) is 13.0. The minimum atomic E-state index is -4.54. The van der Waals surface area contributed by atoms with Gasteiger partial charge in [-0.3, -0.25) is 14.5 Å². The molecule has 3 aromatic rings. The standard InChI is InChI=1S/C28H26F3NO4S/c1-3-4-5-15-36-21-12-6-18(7-13-21)24(33)22-23(26-17(2)14-16-37-26)32(27(35)25(22)34)20-10-8-19(9-11-20)28(29,30)31/h6-14,16,23,33H,3-5,15H2,1-2H3/b24-22-. The zero-order valence-corrected chi connectivity index (χ0v) is 21.2. The Balaban J connectivity index is 1.74. The first-order chi connectivity index (χ1) is 17.6. The van der Waals surface area contributed by atoms with Gasteiger partial charge in [-0.2, -0.15) is 13.2 Å². The summed E-state index contributed by atoms with van der Waals surface area (Å²) in [6.45, 7) is 4.47. The molecule has 1 atom stereocenters. The Bertz CT molecular complexity index is 1310. The summed E-state index contributed by atoms with van der Waals surface area (Å²) >= 11 is 1.30. The number of ether oxygens (including phenoxy) is 1. The van der Waals surface area contributed by atoms with Gasteiger partial charge in [-0.25, -0.2) is 0 Å². The van der Waals surface area contributed by atoms with Gasteiger partial charge in [-0.05, 0) is 78.9 Å². The van der Waals surface area contributed by atoms with E-state index in [4.69, 9.17) is 4.74 Å². The number of aliphatic hydroxyl groups is 1. The Labute approximate surface area is 216 Å². The lowest BCUT2D eigenvalue weighted by Crippen LogP contribution is -2.29. The smallest absolute Gasteiger partial charge is 0.416 e. The molecule has 4 rings (SSSR count). The number of anilines is 1. The zero-order chi connectivity index (χ0) is 26.7. The zero-order valence-electron chi connectivity index (χ0n) is 20.3. The van der Waals surface area contributed by atoms with Gasteiger partial charge in [0.15, 0.2) is 0 Å². The Kier molecular flexibility index (Phi) is 7.73. The van der Waals surface area contributed by atoms with E-state index in [9.17, 15) is 27.9 Å². The molecule has 194 valence electrons. The Hall–Kier alpha value is -3.59. The van der Waals surface area contributed by atoms with Crippen LogP contribution in [-0.2, 0) is 15.8 Å². The molecule has 0 saturated carbocycles. The highest BCUT2D eigenvalue weighted by Gasteiger charge is 2.48. The normalized spacial score (nSPS) is 17.4. The van der Waals surface area contributed by atoms with E-state index >= 15 is 0 Å². The number of thiophene rings is 1. The molecule has 0 aliphatic carbocycles. The van der Waals surface area contributed by atoms with Crippen LogP contribution in [0, 0.1) is 6.92 Å². The third kappa shape index (κ3) is 5.41. The minimum Gasteiger partial charge on any atom is -0.507 e. The molecule has 2 heterocycles. The van der Waals surface area contributed by atoms with Gasteiger partial charge in [-0.15, -0.1) is 11.3 Å². The highest BCUT2D eigenvalue weighted by atomic mass is 32.1. The maximum absolute atomic E-state index is 13.2. The second-order valence-electron chi connectivity index (χ2n) is 8.76. The van der Waals surface area contributed by atoms with Crippen molar-refractivity contribution in [3.63, 3.8) is 0 Å². The van der Waals surface area contributed by atoms with E-state index in [0.717, 1.165) is 54.0 Å². The lowest BCUT2D eigenvalue weighted by atomic mass is 9.98. The molecule has 1 aromatic heterocycles. The van der Waals surface area contributed by atoms with E-state index in [1.165, 1.54) is 11.3 Å². The quantitative estimate of drug-likeness (QED) is 0.144. The van der Waals surface area contributed by atoms with Gasteiger partial charge in [0.1, 0.15) is 17.6 Å². The number of hydrogen-bond acceptors (Lipinski definition) is 5. The molecule has 1 aliphatic rings. The van der Waals surface area contributed by atoms with Crippen molar-refractivity contribution >= 4 is 34.5 Å². The van der Waals surface area contributed by atoms with Crippen molar-refractivity contribution in [3.05, 3.63) is 87.1 Å². The van der Waals surface area contributed by atoms with Gasteiger partial charge in [0, 0.05) is 16.1 Å². The second kappa shape index (κ2) is 10.8. The van der Waals surface area contributed by atoms with E-state index in [0.29, 0.717) is 22.8 Å². The van der Waals surface area contributed by atoms with Crippen molar-refractivity contribution < 1.29 is 32.6 Å². The highest BCUT2D eigenvalue weighted by molar-refractivity contribution is 7.10. The van der Waals surface area contributed by atoms with Crippen LogP contribution in [0.4, 0.5) is 18.9 Å². The van der Waals surface area contributed by atoms with Crippen LogP contribution >= 0.6 is 11.3 Å². The van der Waals surface area contributed by atoms with Crippen LogP contribution in [0.2, 0.25) is 0 Å². The minimum absolute atomic E-state index is 0.118. The summed E-state index contributed by atoms with van der Waals surface area (Å²) in [6, 6.07) is 11.5. The van der Waals surface area contributed by atoms with E-state index in [1.807, 2.05) is 13.0 Å². The molecule has 0 bridgehead atoms. The lowest BCUT2D eigenvalue weighted by molar-refractivity contribution is -0.137. The number of amides is 1. The molecule has 9 heteroatoms. The van der Waals surface area contributed by atoms with Crippen molar-refractivity contribution in [2.75, 3.05) is 11.5 Å². The van der Waals surface area contributed by atoms with Crippen molar-refractivity contribution in [3.8, 4) is 5.75 Å². The molecule has 0 spiro atoms. The third-order valence-electron chi connectivity index (χ3n) is 6.21. The summed E-state index contributed by atoms with van der Waals surface area (Å²) in [5.74, 6) is -1.57. The number of carbonyl (C=O) groups is 2. The number of aryl methyl sites for hydroxylation is 1. The highest BCUT2D eigenvalue weighted by Crippen LogP contribution is 2.45. The number of Topliss-reactive ketones (excluding diaryl/α,β-unsaturated/α-hetero) is 1. The van der Waals surface area contributed by atoms with Crippen LogP contribution in [0.1, 0.15) is 53.8 Å². The topological polar surface area (TPSA) is 66.8 Å². The van der Waals surface area contributed by atoms with Gasteiger partial charge >= 0.3 is 6.18 Å². The Morgan fingerprint density at radius 3 is 2.27 bits per heavy atom. The monoisotopic (exact) mass is 529 g/mol. The molecular formula is C28H26F3NO4S. The number of benzene rings is 2. The molecule has 5 nitrogen and oxygen atoms in total. The van der Waals surface area contributed by atoms with Crippen LogP contribution < -0.4 is 9.64 Å². The van der Waals surface area contributed by atoms with Crippen LogP contribution in [0.5, 0.6) is 5.75 Å². The van der Waals surface area contributed by atoms with E-state index in [2.05, 4.69) is 6.92 Å². The molecule has 1 fully saturated rings. The number of unbranched alkanes of at least 4 members (excludes halogenated alkanes) is 2. The number of hydrogen-bond donors (Lipinski definition) is 1. The number of ketones is 1. The molecular weight excluding hydrogens is 503 g/mol. The summed E-state index contributed by atoms with van der Waals surface area (Å²) in [5.41, 5.74) is 0.254. The van der Waals surface area contributed by atoms with Gasteiger partial charge in [-0.1, -0.05) is 19.8 Å². The number of alkyl halides is 3. The van der Waals surface area contributed by atoms with Crippen molar-refractivity contribution in [1.82, 2.24) is 0 Å². The fourth-order valence-corrected chi connectivity index (χ4v) is 5.25. The number of carbonyl (C=O) groups excluding carboxylic acids is 2. The average Bonchev–Trinajstić information content (AvgIpc) is 3.41. The average molecular weight is 530 g/mol. The predicted octanol–water partition coefficient (Wildman–Crippen LogP) is 7.27. The molecule has 1 amide bonds. The summed E-state index contributed by atoms with van der Waals surface area (Å²) in [6.07, 6.45) is -1.49. The number of nitrogens with zero attached hydrogens (tertiary/aromatic N) is 1. The number of aliphatic hydroxyl groups excluding tert-OH is 1. The fraction of sp³-hybridized carbons (Fsp3) is 0.286. The third-order valence-corrected chi connectivity index (χ3v) is 7.28. The van der Waals surface area contributed by atoms with Crippen LogP contribution in [0.3, 0.4) is 0 Å². The van der Waals surface area contributed by atoms with Gasteiger partial charge in [0.25, 0.3) is 11.7 Å². The molecule has 1 aliphatic heterocycles. The number of rotatable bonds is 8. The molecule has 37 heavy (non-hydrogen) atoms. The van der Waals surface area contributed by atoms with Crippen LogP contribution in [0.25, 0.3) is 5.76 Å². The molecule has 1 N–H and O–H groups in total. The molecule has 0 radical (unpaired) electrons. The predicted molar refractivity (Wildman–Crippen MR) is 137 cm³/mol. The van der Waals surface area contributed by atoms with Crippen molar-refractivity contribution in [2.24, 2.45) is 0 Å². The van der Waals surface area contributed by atoms with E-state index in [1.54, 1.807) is 29.6 Å². The second-order valence-corrected chi connectivity index (χ2v) is 9.71. The fourth-order valence-electron chi connectivity index (χ4n) is 4.23. The summed E-state index contributed by atoms with van der Waals surface area (Å²) in [4.78, 5) is 28.2. The first-order valence-electron chi connectivity index (χ1n) is 11.9. The van der Waals surface area contributed by atoms with Crippen molar-refractivity contribution in [2.45, 2.75) is 45.3 Å². The maximum atomic E-state index is 13.2. The van der Waals surface area contributed by atoms with Gasteiger partial charge in [0.05, 0.1) is 17.7 Å². The van der Waals surface area contributed by atoms with Gasteiger partial charge < -0.3 is 9.84 Å². The van der Waals surface area contributed by atoms with Crippen molar-refractivity contribution in [1.29, 1.82) is 0 Å². The summed E-state index contributed by atoms with van der Waals surface area (Å²) < 4.78 is 45.0.